The predicted octanol–water partition coefficient (Wildman–Crippen LogP) is 3.52. The molecule has 9 heteroatoms. The van der Waals surface area contributed by atoms with Gasteiger partial charge in [0.25, 0.3) is 0 Å². The van der Waals surface area contributed by atoms with Crippen LogP contribution >= 0.6 is 31.9 Å². The first kappa shape index (κ1) is 19.6. The van der Waals surface area contributed by atoms with Gasteiger partial charge >= 0.3 is 5.97 Å². The van der Waals surface area contributed by atoms with Crippen molar-refractivity contribution in [2.75, 3.05) is 18.2 Å². The summed E-state index contributed by atoms with van der Waals surface area (Å²) in [6, 6.07) is 4.26. The molecule has 0 aromatic heterocycles. The van der Waals surface area contributed by atoms with Crippen LogP contribution in [0.15, 0.2) is 44.5 Å². The summed E-state index contributed by atoms with van der Waals surface area (Å²) in [5, 5.41) is 3.42. The third kappa shape index (κ3) is 3.36. The van der Waals surface area contributed by atoms with Crippen LogP contribution in [0.3, 0.4) is 0 Å². The molecule has 0 aliphatic carbocycles. The molecule has 0 saturated carbocycles. The second-order valence-electron chi connectivity index (χ2n) is 6.01. The fourth-order valence-corrected chi connectivity index (χ4v) is 6.08. The molecule has 0 saturated heterocycles. The molecule has 0 spiro atoms. The first-order chi connectivity index (χ1) is 12.3. The molecular formula is C17H16Br2FNO4S. The molecule has 0 amide bonds. The van der Waals surface area contributed by atoms with Gasteiger partial charge in [-0.1, -0.05) is 22.0 Å². The molecule has 2 aliphatic heterocycles. The molecule has 0 bridgehead atoms. The number of methoxy groups -OCH3 is 1. The number of carbonyl (C=O) groups excluding carboxylic acids is 1. The van der Waals surface area contributed by atoms with E-state index >= 15 is 0 Å². The molecule has 0 radical (unpaired) electrons. The zero-order chi connectivity index (χ0) is 19.1. The van der Waals surface area contributed by atoms with Gasteiger partial charge in [-0.15, -0.1) is 0 Å². The lowest BCUT2D eigenvalue weighted by Crippen LogP contribution is -2.36. The minimum Gasteiger partial charge on any atom is -0.466 e. The van der Waals surface area contributed by atoms with E-state index in [0.717, 1.165) is 0 Å². The Hall–Kier alpha value is -1.19. The van der Waals surface area contributed by atoms with Crippen LogP contribution in [-0.2, 0) is 19.4 Å². The molecule has 5 nitrogen and oxygen atoms in total. The Kier molecular flexibility index (Phi) is 5.60. The maximum absolute atomic E-state index is 13.7. The van der Waals surface area contributed by atoms with E-state index in [1.807, 2.05) is 0 Å². The van der Waals surface area contributed by atoms with E-state index in [4.69, 9.17) is 4.74 Å². The van der Waals surface area contributed by atoms with Crippen molar-refractivity contribution < 1.29 is 22.3 Å². The standard InChI is InChI=1S/C17H16Br2FNO4S/c1-25-17(22)15-13(8-18)21-12-3-2-6-26(23,24)16(12)14(15)9-4-5-11(20)10(19)7-9/h4-5,7,14,21H,2-3,6,8H2,1H3. The van der Waals surface area contributed by atoms with Gasteiger partial charge in [0.1, 0.15) is 5.82 Å². The highest BCUT2D eigenvalue weighted by molar-refractivity contribution is 9.10. The zero-order valence-corrected chi connectivity index (χ0v) is 17.8. The largest absolute Gasteiger partial charge is 0.466 e. The number of benzene rings is 1. The molecule has 26 heavy (non-hydrogen) atoms. The minimum absolute atomic E-state index is 0.0183. The average molecular weight is 509 g/mol. The van der Waals surface area contributed by atoms with Gasteiger partial charge in [0, 0.05) is 16.7 Å². The SMILES string of the molecule is COC(=O)C1=C(CBr)NC2=C(C1c1ccc(F)c(Br)c1)S(=O)(=O)CCC2. The van der Waals surface area contributed by atoms with Crippen LogP contribution < -0.4 is 5.32 Å². The van der Waals surface area contributed by atoms with Crippen molar-refractivity contribution >= 4 is 47.7 Å². The Morgan fingerprint density at radius 2 is 2.15 bits per heavy atom. The summed E-state index contributed by atoms with van der Waals surface area (Å²) in [5.74, 6) is -1.91. The number of hydrogen-bond acceptors (Lipinski definition) is 5. The van der Waals surface area contributed by atoms with Gasteiger partial charge in [0.05, 0.1) is 33.7 Å². The third-order valence-electron chi connectivity index (χ3n) is 4.47. The van der Waals surface area contributed by atoms with Crippen LogP contribution in [-0.4, -0.2) is 32.6 Å². The van der Waals surface area contributed by atoms with E-state index in [1.165, 1.54) is 25.3 Å². The van der Waals surface area contributed by atoms with Crippen molar-refractivity contribution in [2.45, 2.75) is 18.8 Å². The number of allylic oxidation sites excluding steroid dienone is 3. The average Bonchev–Trinajstić information content (AvgIpc) is 2.61. The molecule has 3 rings (SSSR count). The van der Waals surface area contributed by atoms with E-state index in [9.17, 15) is 17.6 Å². The summed E-state index contributed by atoms with van der Waals surface area (Å²) < 4.78 is 44.5. The number of ether oxygens (including phenoxy) is 1. The summed E-state index contributed by atoms with van der Waals surface area (Å²) >= 11 is 6.49. The van der Waals surface area contributed by atoms with Crippen LogP contribution in [0.2, 0.25) is 0 Å². The highest BCUT2D eigenvalue weighted by Crippen LogP contribution is 2.45. The molecule has 1 aromatic rings. The lowest BCUT2D eigenvalue weighted by molar-refractivity contribution is -0.136. The van der Waals surface area contributed by atoms with Gasteiger partial charge in [-0.2, -0.15) is 0 Å². The van der Waals surface area contributed by atoms with Gasteiger partial charge < -0.3 is 10.1 Å². The van der Waals surface area contributed by atoms with E-state index in [1.54, 1.807) is 0 Å². The maximum Gasteiger partial charge on any atom is 0.336 e. The number of alkyl halides is 1. The quantitative estimate of drug-likeness (QED) is 0.499. The molecule has 0 fully saturated rings. The van der Waals surface area contributed by atoms with Crippen LogP contribution in [0.5, 0.6) is 0 Å². The smallest absolute Gasteiger partial charge is 0.336 e. The van der Waals surface area contributed by atoms with Gasteiger partial charge in [-0.3, -0.25) is 0 Å². The van der Waals surface area contributed by atoms with Crippen molar-refractivity contribution in [1.82, 2.24) is 5.32 Å². The Labute approximate surface area is 167 Å². The van der Waals surface area contributed by atoms with Crippen LogP contribution in [0.25, 0.3) is 0 Å². The lowest BCUT2D eigenvalue weighted by Gasteiger charge is -2.34. The Bertz CT molecular complexity index is 940. The molecule has 1 atom stereocenters. The number of carbonyl (C=O) groups is 1. The molecule has 2 heterocycles. The summed E-state index contributed by atoms with van der Waals surface area (Å²) in [6.45, 7) is 0. The van der Waals surface area contributed by atoms with Crippen LogP contribution in [0, 0.1) is 5.82 Å². The number of sulfone groups is 1. The first-order valence-corrected chi connectivity index (χ1v) is 11.4. The van der Waals surface area contributed by atoms with Gasteiger partial charge in [-0.05, 0) is 46.5 Å². The summed E-state index contributed by atoms with van der Waals surface area (Å²) in [4.78, 5) is 12.7. The highest BCUT2D eigenvalue weighted by Gasteiger charge is 2.42. The van der Waals surface area contributed by atoms with Crippen molar-refractivity contribution in [1.29, 1.82) is 0 Å². The topological polar surface area (TPSA) is 72.5 Å². The first-order valence-electron chi connectivity index (χ1n) is 7.85. The van der Waals surface area contributed by atoms with E-state index in [0.29, 0.717) is 35.1 Å². The van der Waals surface area contributed by atoms with Crippen molar-refractivity contribution in [3.05, 3.63) is 55.9 Å². The Morgan fingerprint density at radius 1 is 1.42 bits per heavy atom. The second-order valence-corrected chi connectivity index (χ2v) is 9.51. The predicted molar refractivity (Wildman–Crippen MR) is 103 cm³/mol. The summed E-state index contributed by atoms with van der Waals surface area (Å²) in [7, 11) is -2.31. The number of rotatable bonds is 3. The second kappa shape index (κ2) is 7.44. The molecule has 2 aliphatic rings. The Morgan fingerprint density at radius 3 is 2.77 bits per heavy atom. The third-order valence-corrected chi connectivity index (χ3v) is 7.61. The number of esters is 1. The number of halogens is 3. The van der Waals surface area contributed by atoms with Crippen molar-refractivity contribution in [2.24, 2.45) is 0 Å². The Balaban J connectivity index is 2.30. The zero-order valence-electron chi connectivity index (χ0n) is 13.8. The minimum atomic E-state index is -3.56. The number of nitrogens with one attached hydrogen (secondary N) is 1. The van der Waals surface area contributed by atoms with Crippen molar-refractivity contribution in [3.63, 3.8) is 0 Å². The number of dihydropyridines is 1. The summed E-state index contributed by atoms with van der Waals surface area (Å²) in [6.07, 6.45) is 1.08. The molecule has 1 unspecified atom stereocenters. The molecule has 1 N–H and O–H groups in total. The van der Waals surface area contributed by atoms with Gasteiger partial charge in [-0.25, -0.2) is 17.6 Å². The van der Waals surface area contributed by atoms with E-state index in [-0.39, 0.29) is 20.7 Å². The van der Waals surface area contributed by atoms with Crippen molar-refractivity contribution in [3.8, 4) is 0 Å². The van der Waals surface area contributed by atoms with Crippen LogP contribution in [0.1, 0.15) is 24.3 Å². The highest BCUT2D eigenvalue weighted by atomic mass is 79.9. The molecule has 140 valence electrons. The lowest BCUT2D eigenvalue weighted by atomic mass is 9.85. The maximum atomic E-state index is 13.7. The number of hydrogen-bond donors (Lipinski definition) is 1. The van der Waals surface area contributed by atoms with Gasteiger partial charge in [0.2, 0.25) is 0 Å². The van der Waals surface area contributed by atoms with E-state index < -0.39 is 27.5 Å². The molecule has 1 aromatic carbocycles. The fraction of sp³-hybridized carbons (Fsp3) is 0.353. The van der Waals surface area contributed by atoms with E-state index in [2.05, 4.69) is 37.2 Å². The molecular weight excluding hydrogens is 493 g/mol. The monoisotopic (exact) mass is 507 g/mol. The fourth-order valence-electron chi connectivity index (χ4n) is 3.36. The van der Waals surface area contributed by atoms with Crippen LogP contribution in [0.4, 0.5) is 4.39 Å². The van der Waals surface area contributed by atoms with Gasteiger partial charge in [0.15, 0.2) is 9.84 Å². The summed E-state index contributed by atoms with van der Waals surface area (Å²) in [5.41, 5.74) is 1.87. The normalized spacial score (nSPS) is 21.9.